The van der Waals surface area contributed by atoms with Gasteiger partial charge in [-0.3, -0.25) is 0 Å². The van der Waals surface area contributed by atoms with Crippen molar-refractivity contribution >= 4 is 0 Å². The van der Waals surface area contributed by atoms with Gasteiger partial charge in [-0.25, -0.2) is 0 Å². The Hall–Kier alpha value is -1.70. The average Bonchev–Trinajstić information content (AvgIpc) is 2.73. The first-order valence-electron chi connectivity index (χ1n) is 6.34. The van der Waals surface area contributed by atoms with Gasteiger partial charge in [-0.2, -0.15) is 0 Å². The molecule has 1 atom stereocenters. The Morgan fingerprint density at radius 1 is 1.11 bits per heavy atom. The first-order chi connectivity index (χ1) is 8.57. The van der Waals surface area contributed by atoms with E-state index in [-0.39, 0.29) is 5.41 Å². The molecule has 1 aromatic carbocycles. The van der Waals surface area contributed by atoms with E-state index >= 15 is 0 Å². The predicted molar refractivity (Wildman–Crippen MR) is 72.0 cm³/mol. The van der Waals surface area contributed by atoms with E-state index in [0.717, 1.165) is 17.9 Å². The zero-order valence-electron chi connectivity index (χ0n) is 11.1. The smallest absolute Gasteiger partial charge is 0.231 e. The van der Waals surface area contributed by atoms with Crippen LogP contribution < -0.4 is 9.47 Å². The molecule has 0 fully saturated rings. The van der Waals surface area contributed by atoms with Gasteiger partial charge in [0.15, 0.2) is 11.5 Å². The fourth-order valence-corrected chi connectivity index (χ4v) is 3.05. The summed E-state index contributed by atoms with van der Waals surface area (Å²) in [5, 5.41) is 0. The lowest BCUT2D eigenvalue weighted by molar-refractivity contribution is 0.174. The number of benzene rings is 1. The van der Waals surface area contributed by atoms with Crippen molar-refractivity contribution in [2.75, 3.05) is 6.79 Å². The molecule has 0 amide bonds. The van der Waals surface area contributed by atoms with E-state index in [0.29, 0.717) is 6.79 Å². The second kappa shape index (κ2) is 3.91. The van der Waals surface area contributed by atoms with E-state index in [1.165, 1.54) is 16.7 Å². The van der Waals surface area contributed by atoms with Crippen molar-refractivity contribution in [3.05, 3.63) is 47.1 Å². The maximum atomic E-state index is 5.47. The summed E-state index contributed by atoms with van der Waals surface area (Å²) in [6, 6.07) is 6.28. The van der Waals surface area contributed by atoms with Crippen LogP contribution in [0.15, 0.2) is 41.5 Å². The van der Waals surface area contributed by atoms with Crippen molar-refractivity contribution < 1.29 is 9.47 Å². The van der Waals surface area contributed by atoms with Gasteiger partial charge in [-0.05, 0) is 38.0 Å². The molecule has 2 heteroatoms. The van der Waals surface area contributed by atoms with Crippen LogP contribution in [0.25, 0.3) is 0 Å². The van der Waals surface area contributed by atoms with Gasteiger partial charge in [0.25, 0.3) is 0 Å². The number of fused-ring (bicyclic) bond motifs is 1. The molecule has 0 spiro atoms. The molecule has 1 aliphatic heterocycles. The Balaban J connectivity index is 2.02. The Kier molecular flexibility index (Phi) is 2.47. The third-order valence-electron chi connectivity index (χ3n) is 3.70. The second-order valence-electron chi connectivity index (χ2n) is 5.54. The van der Waals surface area contributed by atoms with Crippen LogP contribution in [0.1, 0.15) is 32.8 Å². The Morgan fingerprint density at radius 2 is 1.89 bits per heavy atom. The van der Waals surface area contributed by atoms with E-state index < -0.39 is 0 Å². The molecule has 94 valence electrons. The Morgan fingerprint density at radius 3 is 2.67 bits per heavy atom. The van der Waals surface area contributed by atoms with Crippen molar-refractivity contribution in [2.45, 2.75) is 32.6 Å². The normalized spacial score (nSPS) is 25.7. The summed E-state index contributed by atoms with van der Waals surface area (Å²) in [5.41, 5.74) is 4.11. The monoisotopic (exact) mass is 242 g/mol. The highest BCUT2D eigenvalue weighted by Crippen LogP contribution is 2.41. The van der Waals surface area contributed by atoms with Gasteiger partial charge in [-0.15, -0.1) is 0 Å². The van der Waals surface area contributed by atoms with E-state index in [9.17, 15) is 0 Å². The van der Waals surface area contributed by atoms with Crippen molar-refractivity contribution in [1.29, 1.82) is 0 Å². The van der Waals surface area contributed by atoms with E-state index in [1.807, 2.05) is 6.07 Å². The quantitative estimate of drug-likeness (QED) is 0.742. The number of hydrogen-bond acceptors (Lipinski definition) is 2. The molecule has 18 heavy (non-hydrogen) atoms. The molecule has 1 heterocycles. The molecule has 1 aliphatic carbocycles. The van der Waals surface area contributed by atoms with E-state index in [1.54, 1.807) is 0 Å². The van der Waals surface area contributed by atoms with Crippen molar-refractivity contribution in [3.63, 3.8) is 0 Å². The SMILES string of the molecule is CC1=CC(C)(c2ccc3c(c2)OCO3)CC(C)=C1. The maximum Gasteiger partial charge on any atom is 0.231 e. The average molecular weight is 242 g/mol. The second-order valence-corrected chi connectivity index (χ2v) is 5.54. The fraction of sp³-hybridized carbons (Fsp3) is 0.375. The lowest BCUT2D eigenvalue weighted by Crippen LogP contribution is -2.22. The van der Waals surface area contributed by atoms with Gasteiger partial charge < -0.3 is 9.47 Å². The first-order valence-corrected chi connectivity index (χ1v) is 6.34. The summed E-state index contributed by atoms with van der Waals surface area (Å²) in [6.45, 7) is 6.98. The van der Waals surface area contributed by atoms with Crippen LogP contribution in [0.5, 0.6) is 11.5 Å². The number of allylic oxidation sites excluding steroid dienone is 4. The topological polar surface area (TPSA) is 18.5 Å². The summed E-state index contributed by atoms with van der Waals surface area (Å²) in [6.07, 6.45) is 5.66. The van der Waals surface area contributed by atoms with Gasteiger partial charge in [0.05, 0.1) is 0 Å². The van der Waals surface area contributed by atoms with Gasteiger partial charge in [0.1, 0.15) is 0 Å². The molecule has 0 aromatic heterocycles. The van der Waals surface area contributed by atoms with Crippen LogP contribution in [0.2, 0.25) is 0 Å². The summed E-state index contributed by atoms with van der Waals surface area (Å²) >= 11 is 0. The lowest BCUT2D eigenvalue weighted by Gasteiger charge is -2.31. The van der Waals surface area contributed by atoms with Gasteiger partial charge in [0, 0.05) is 5.41 Å². The molecule has 3 rings (SSSR count). The van der Waals surface area contributed by atoms with Crippen LogP contribution in [0.4, 0.5) is 0 Å². The lowest BCUT2D eigenvalue weighted by atomic mass is 9.73. The molecule has 0 radical (unpaired) electrons. The van der Waals surface area contributed by atoms with E-state index in [2.05, 4.69) is 45.1 Å². The highest BCUT2D eigenvalue weighted by Gasteiger charge is 2.28. The zero-order chi connectivity index (χ0) is 12.8. The predicted octanol–water partition coefficient (Wildman–Crippen LogP) is 3.97. The largest absolute Gasteiger partial charge is 0.454 e. The minimum atomic E-state index is 0.0594. The maximum absolute atomic E-state index is 5.47. The van der Waals surface area contributed by atoms with Crippen molar-refractivity contribution in [3.8, 4) is 11.5 Å². The summed E-state index contributed by atoms with van der Waals surface area (Å²) in [5.74, 6) is 1.72. The summed E-state index contributed by atoms with van der Waals surface area (Å²) < 4.78 is 10.8. The molecular weight excluding hydrogens is 224 g/mol. The van der Waals surface area contributed by atoms with Gasteiger partial charge in [0.2, 0.25) is 6.79 Å². The number of rotatable bonds is 1. The zero-order valence-corrected chi connectivity index (χ0v) is 11.1. The Bertz CT molecular complexity index is 554. The molecule has 2 aliphatic rings. The van der Waals surface area contributed by atoms with Gasteiger partial charge in [-0.1, -0.05) is 36.3 Å². The third-order valence-corrected chi connectivity index (χ3v) is 3.70. The van der Waals surface area contributed by atoms with Crippen LogP contribution in [-0.4, -0.2) is 6.79 Å². The van der Waals surface area contributed by atoms with Crippen molar-refractivity contribution in [1.82, 2.24) is 0 Å². The molecule has 0 saturated heterocycles. The molecule has 0 N–H and O–H groups in total. The number of hydrogen-bond donors (Lipinski definition) is 0. The molecule has 0 bridgehead atoms. The minimum absolute atomic E-state index is 0.0594. The standard InChI is InChI=1S/C16H18O2/c1-11-6-12(2)9-16(3,8-11)13-4-5-14-15(7-13)18-10-17-14/h4-8H,9-10H2,1-3H3. The Labute approximate surface area is 108 Å². The highest BCUT2D eigenvalue weighted by atomic mass is 16.7. The summed E-state index contributed by atoms with van der Waals surface area (Å²) in [7, 11) is 0. The minimum Gasteiger partial charge on any atom is -0.454 e. The molecule has 1 aromatic rings. The van der Waals surface area contributed by atoms with Crippen LogP contribution >= 0.6 is 0 Å². The molecule has 1 unspecified atom stereocenters. The molecule has 2 nitrogen and oxygen atoms in total. The van der Waals surface area contributed by atoms with E-state index in [4.69, 9.17) is 9.47 Å². The molecule has 0 saturated carbocycles. The van der Waals surface area contributed by atoms with Gasteiger partial charge >= 0.3 is 0 Å². The first kappa shape index (κ1) is 11.4. The third kappa shape index (κ3) is 1.82. The summed E-state index contributed by atoms with van der Waals surface area (Å²) in [4.78, 5) is 0. The molecular formula is C16H18O2. The van der Waals surface area contributed by atoms with Crippen LogP contribution in [-0.2, 0) is 5.41 Å². The van der Waals surface area contributed by atoms with Crippen LogP contribution in [0, 0.1) is 0 Å². The fourth-order valence-electron chi connectivity index (χ4n) is 3.05. The van der Waals surface area contributed by atoms with Crippen molar-refractivity contribution in [2.24, 2.45) is 0 Å². The number of ether oxygens (including phenoxy) is 2. The van der Waals surface area contributed by atoms with Crippen LogP contribution in [0.3, 0.4) is 0 Å². The highest BCUT2D eigenvalue weighted by molar-refractivity contribution is 5.49.